The SMILES string of the molecule is C=CCOC[C@H]1OC[C@H](OC)[C@@H](OC)[C@@H]1O. The largest absolute Gasteiger partial charge is 0.387 e. The third kappa shape index (κ3) is 3.26. The van der Waals surface area contributed by atoms with Crippen LogP contribution in [0.25, 0.3) is 0 Å². The lowest BCUT2D eigenvalue weighted by molar-refractivity contribution is -0.213. The topological polar surface area (TPSA) is 57.2 Å². The Morgan fingerprint density at radius 2 is 2.19 bits per heavy atom. The van der Waals surface area contributed by atoms with E-state index < -0.39 is 6.10 Å². The summed E-state index contributed by atoms with van der Waals surface area (Å²) in [5, 5.41) is 9.99. The number of hydrogen-bond donors (Lipinski definition) is 1. The van der Waals surface area contributed by atoms with Crippen LogP contribution in [0.2, 0.25) is 0 Å². The van der Waals surface area contributed by atoms with Crippen LogP contribution in [0.1, 0.15) is 0 Å². The first-order valence-electron chi connectivity index (χ1n) is 5.28. The summed E-state index contributed by atoms with van der Waals surface area (Å²) in [6, 6.07) is 0. The van der Waals surface area contributed by atoms with E-state index in [1.54, 1.807) is 20.3 Å². The molecule has 0 unspecified atom stereocenters. The van der Waals surface area contributed by atoms with Gasteiger partial charge in [0.1, 0.15) is 24.4 Å². The van der Waals surface area contributed by atoms with Gasteiger partial charge in [0.05, 0.1) is 19.8 Å². The minimum Gasteiger partial charge on any atom is -0.387 e. The Morgan fingerprint density at radius 3 is 2.75 bits per heavy atom. The van der Waals surface area contributed by atoms with Gasteiger partial charge in [-0.2, -0.15) is 0 Å². The highest BCUT2D eigenvalue weighted by Crippen LogP contribution is 2.20. The second-order valence-electron chi connectivity index (χ2n) is 3.66. The van der Waals surface area contributed by atoms with Crippen molar-refractivity contribution >= 4 is 0 Å². The van der Waals surface area contributed by atoms with Gasteiger partial charge in [0.25, 0.3) is 0 Å². The minimum atomic E-state index is -0.742. The first-order valence-corrected chi connectivity index (χ1v) is 5.28. The molecular weight excluding hydrogens is 212 g/mol. The third-order valence-corrected chi connectivity index (χ3v) is 2.65. The number of methoxy groups -OCH3 is 2. The molecule has 0 aromatic heterocycles. The lowest BCUT2D eigenvalue weighted by Crippen LogP contribution is -2.55. The van der Waals surface area contributed by atoms with E-state index in [0.29, 0.717) is 19.8 Å². The number of ether oxygens (including phenoxy) is 4. The fourth-order valence-electron chi connectivity index (χ4n) is 1.75. The molecule has 0 spiro atoms. The average molecular weight is 232 g/mol. The summed E-state index contributed by atoms with van der Waals surface area (Å²) < 4.78 is 21.1. The van der Waals surface area contributed by atoms with Gasteiger partial charge in [-0.1, -0.05) is 6.08 Å². The van der Waals surface area contributed by atoms with Crippen LogP contribution in [-0.4, -0.2) is 63.6 Å². The highest BCUT2D eigenvalue weighted by Gasteiger charge is 2.39. The van der Waals surface area contributed by atoms with E-state index in [9.17, 15) is 5.11 Å². The molecule has 16 heavy (non-hydrogen) atoms. The van der Waals surface area contributed by atoms with E-state index in [0.717, 1.165) is 0 Å². The first kappa shape index (κ1) is 13.6. The molecule has 0 bridgehead atoms. The number of hydrogen-bond acceptors (Lipinski definition) is 5. The third-order valence-electron chi connectivity index (χ3n) is 2.65. The Kier molecular flexibility index (Phi) is 5.94. The van der Waals surface area contributed by atoms with Crippen molar-refractivity contribution in [3.05, 3.63) is 12.7 Å². The standard InChI is InChI=1S/C11H20O5/c1-4-5-15-6-8-10(12)11(14-3)9(13-2)7-16-8/h4,8-12H,1,5-7H2,2-3H3/t8-,9+,10-,11-/m1/s1. The maximum absolute atomic E-state index is 9.99. The zero-order chi connectivity index (χ0) is 12.0. The zero-order valence-corrected chi connectivity index (χ0v) is 9.80. The highest BCUT2D eigenvalue weighted by molar-refractivity contribution is 4.88. The molecule has 1 N–H and O–H groups in total. The molecule has 1 heterocycles. The molecule has 1 rings (SSSR count). The van der Waals surface area contributed by atoms with Crippen molar-refractivity contribution in [3.63, 3.8) is 0 Å². The van der Waals surface area contributed by atoms with Gasteiger partial charge in [-0.15, -0.1) is 6.58 Å². The Hall–Kier alpha value is -0.460. The summed E-state index contributed by atoms with van der Waals surface area (Å²) in [6.45, 7) is 4.71. The summed E-state index contributed by atoms with van der Waals surface area (Å²) >= 11 is 0. The van der Waals surface area contributed by atoms with Crippen LogP contribution in [0.15, 0.2) is 12.7 Å². The van der Waals surface area contributed by atoms with Crippen molar-refractivity contribution in [1.82, 2.24) is 0 Å². The van der Waals surface area contributed by atoms with Crippen molar-refractivity contribution < 1.29 is 24.1 Å². The highest BCUT2D eigenvalue weighted by atomic mass is 16.6. The van der Waals surface area contributed by atoms with Crippen LogP contribution in [0, 0.1) is 0 Å². The molecule has 5 nitrogen and oxygen atoms in total. The zero-order valence-electron chi connectivity index (χ0n) is 9.80. The summed E-state index contributed by atoms with van der Waals surface area (Å²) in [5.74, 6) is 0. The van der Waals surface area contributed by atoms with Crippen molar-refractivity contribution in [2.45, 2.75) is 24.4 Å². The average Bonchev–Trinajstić information content (AvgIpc) is 2.31. The van der Waals surface area contributed by atoms with Crippen LogP contribution in [0.3, 0.4) is 0 Å². The quantitative estimate of drug-likeness (QED) is 0.515. The lowest BCUT2D eigenvalue weighted by atomic mass is 10.0. The molecule has 1 aliphatic rings. The predicted octanol–water partition coefficient (Wildman–Crippen LogP) is -0.0213. The Labute approximate surface area is 95.9 Å². The maximum atomic E-state index is 9.99. The summed E-state index contributed by atoms with van der Waals surface area (Å²) in [5.41, 5.74) is 0. The molecule has 5 heteroatoms. The molecule has 0 amide bonds. The van der Waals surface area contributed by atoms with E-state index in [4.69, 9.17) is 18.9 Å². The molecular formula is C11H20O5. The van der Waals surface area contributed by atoms with Crippen molar-refractivity contribution in [1.29, 1.82) is 0 Å². The number of rotatable bonds is 6. The number of aliphatic hydroxyl groups is 1. The van der Waals surface area contributed by atoms with Gasteiger partial charge in [-0.05, 0) is 0 Å². The van der Waals surface area contributed by atoms with Crippen molar-refractivity contribution in [3.8, 4) is 0 Å². The maximum Gasteiger partial charge on any atom is 0.114 e. The minimum absolute atomic E-state index is 0.240. The van der Waals surface area contributed by atoms with Gasteiger partial charge in [0, 0.05) is 14.2 Å². The van der Waals surface area contributed by atoms with Crippen molar-refractivity contribution in [2.24, 2.45) is 0 Å². The molecule has 0 aromatic rings. The molecule has 0 aliphatic carbocycles. The van der Waals surface area contributed by atoms with E-state index >= 15 is 0 Å². The van der Waals surface area contributed by atoms with Gasteiger partial charge in [-0.25, -0.2) is 0 Å². The first-order chi connectivity index (χ1) is 7.74. The molecule has 4 atom stereocenters. The molecule has 1 aliphatic heterocycles. The van der Waals surface area contributed by atoms with Gasteiger partial charge in [0.15, 0.2) is 0 Å². The van der Waals surface area contributed by atoms with Gasteiger partial charge >= 0.3 is 0 Å². The second kappa shape index (κ2) is 6.98. The summed E-state index contributed by atoms with van der Waals surface area (Å²) in [6.07, 6.45) is -0.0856. The van der Waals surface area contributed by atoms with E-state index in [1.165, 1.54) is 0 Å². The predicted molar refractivity (Wildman–Crippen MR) is 58.4 cm³/mol. The van der Waals surface area contributed by atoms with Crippen LogP contribution in [-0.2, 0) is 18.9 Å². The molecule has 0 saturated carbocycles. The summed E-state index contributed by atoms with van der Waals surface area (Å²) in [4.78, 5) is 0. The van der Waals surface area contributed by atoms with Crippen molar-refractivity contribution in [2.75, 3.05) is 34.0 Å². The second-order valence-corrected chi connectivity index (χ2v) is 3.66. The molecule has 1 saturated heterocycles. The molecule has 0 aromatic carbocycles. The molecule has 94 valence electrons. The Morgan fingerprint density at radius 1 is 1.44 bits per heavy atom. The van der Waals surface area contributed by atoms with E-state index in [1.807, 2.05) is 0 Å². The van der Waals surface area contributed by atoms with E-state index in [2.05, 4.69) is 6.58 Å². The Bertz CT molecular complexity index is 209. The Balaban J connectivity index is 2.46. The fourth-order valence-corrected chi connectivity index (χ4v) is 1.75. The van der Waals surface area contributed by atoms with Crippen LogP contribution in [0.5, 0.6) is 0 Å². The van der Waals surface area contributed by atoms with Gasteiger partial charge < -0.3 is 24.1 Å². The normalized spacial score (nSPS) is 34.9. The monoisotopic (exact) mass is 232 g/mol. The van der Waals surface area contributed by atoms with Gasteiger partial charge in [0.2, 0.25) is 0 Å². The van der Waals surface area contributed by atoms with Crippen LogP contribution in [0.4, 0.5) is 0 Å². The van der Waals surface area contributed by atoms with Crippen LogP contribution >= 0.6 is 0 Å². The summed E-state index contributed by atoms with van der Waals surface area (Å²) in [7, 11) is 3.12. The fraction of sp³-hybridized carbons (Fsp3) is 0.818. The molecule has 0 radical (unpaired) electrons. The lowest BCUT2D eigenvalue weighted by Gasteiger charge is -2.38. The molecule has 1 fully saturated rings. The van der Waals surface area contributed by atoms with Gasteiger partial charge in [-0.3, -0.25) is 0 Å². The smallest absolute Gasteiger partial charge is 0.114 e. The number of aliphatic hydroxyl groups excluding tert-OH is 1. The van der Waals surface area contributed by atoms with E-state index in [-0.39, 0.29) is 18.3 Å². The van der Waals surface area contributed by atoms with Crippen LogP contribution < -0.4 is 0 Å².